The molecule has 0 radical (unpaired) electrons. The summed E-state index contributed by atoms with van der Waals surface area (Å²) in [5, 5.41) is 14.7. The van der Waals surface area contributed by atoms with Crippen LogP contribution in [0.15, 0.2) is 42.5 Å². The molecule has 0 saturated heterocycles. The smallest absolute Gasteiger partial charge is 0.269 e. The van der Waals surface area contributed by atoms with E-state index in [0.29, 0.717) is 34.6 Å². The van der Waals surface area contributed by atoms with Gasteiger partial charge in [-0.3, -0.25) is 10.1 Å². The average Bonchev–Trinajstić information content (AvgIpc) is 2.46. The predicted octanol–water partition coefficient (Wildman–Crippen LogP) is 4.39. The van der Waals surface area contributed by atoms with Crippen molar-refractivity contribution in [3.63, 3.8) is 0 Å². The van der Waals surface area contributed by atoms with Gasteiger partial charge in [-0.2, -0.15) is 0 Å². The van der Waals surface area contributed by atoms with Crippen molar-refractivity contribution in [3.05, 3.63) is 62.6 Å². The molecule has 0 heterocycles. The number of hydrogen-bond donors (Lipinski definition) is 1. The SMILES string of the molecule is O=[N+]([O-])c1ccc(OCCNc2c(Cl)cccc2Cl)cc1. The maximum absolute atomic E-state index is 10.5. The Kier molecular flexibility index (Phi) is 5.25. The summed E-state index contributed by atoms with van der Waals surface area (Å²) in [5.74, 6) is 0.563. The predicted molar refractivity (Wildman–Crippen MR) is 83.5 cm³/mol. The Morgan fingerprint density at radius 3 is 2.29 bits per heavy atom. The van der Waals surface area contributed by atoms with Crippen LogP contribution < -0.4 is 10.1 Å². The van der Waals surface area contributed by atoms with Gasteiger partial charge in [0.25, 0.3) is 5.69 Å². The Morgan fingerprint density at radius 1 is 1.10 bits per heavy atom. The van der Waals surface area contributed by atoms with Crippen LogP contribution in [0.4, 0.5) is 11.4 Å². The number of para-hydroxylation sites is 1. The zero-order valence-electron chi connectivity index (χ0n) is 10.9. The highest BCUT2D eigenvalue weighted by Crippen LogP contribution is 2.29. The number of nitrogens with zero attached hydrogens (tertiary/aromatic N) is 1. The number of nitro groups is 1. The van der Waals surface area contributed by atoms with E-state index in [1.165, 1.54) is 12.1 Å². The Labute approximate surface area is 131 Å². The monoisotopic (exact) mass is 326 g/mol. The number of anilines is 1. The van der Waals surface area contributed by atoms with Gasteiger partial charge in [0.05, 0.1) is 20.7 Å². The van der Waals surface area contributed by atoms with Gasteiger partial charge >= 0.3 is 0 Å². The maximum Gasteiger partial charge on any atom is 0.269 e. The standard InChI is InChI=1S/C14H12Cl2N2O3/c15-12-2-1-3-13(16)14(12)17-8-9-21-11-6-4-10(5-7-11)18(19)20/h1-7,17H,8-9H2. The van der Waals surface area contributed by atoms with Crippen molar-refractivity contribution in [2.75, 3.05) is 18.5 Å². The van der Waals surface area contributed by atoms with Gasteiger partial charge in [-0.25, -0.2) is 0 Å². The lowest BCUT2D eigenvalue weighted by Crippen LogP contribution is -2.12. The summed E-state index contributed by atoms with van der Waals surface area (Å²) < 4.78 is 5.47. The molecule has 2 rings (SSSR count). The van der Waals surface area contributed by atoms with Crippen molar-refractivity contribution < 1.29 is 9.66 Å². The normalized spacial score (nSPS) is 10.2. The summed E-state index contributed by atoms with van der Waals surface area (Å²) in [7, 11) is 0. The molecule has 7 heteroatoms. The number of halogens is 2. The molecule has 0 aromatic heterocycles. The van der Waals surface area contributed by atoms with Crippen LogP contribution in [-0.2, 0) is 0 Å². The van der Waals surface area contributed by atoms with Crippen LogP contribution in [0.3, 0.4) is 0 Å². The van der Waals surface area contributed by atoms with E-state index in [0.717, 1.165) is 0 Å². The summed E-state index contributed by atoms with van der Waals surface area (Å²) in [6.45, 7) is 0.875. The number of nitrogens with one attached hydrogen (secondary N) is 1. The van der Waals surface area contributed by atoms with E-state index in [4.69, 9.17) is 27.9 Å². The molecule has 21 heavy (non-hydrogen) atoms. The number of benzene rings is 2. The van der Waals surface area contributed by atoms with E-state index < -0.39 is 4.92 Å². The van der Waals surface area contributed by atoms with Crippen molar-refractivity contribution in [1.29, 1.82) is 0 Å². The third-order valence-electron chi connectivity index (χ3n) is 2.68. The van der Waals surface area contributed by atoms with E-state index in [2.05, 4.69) is 5.32 Å². The van der Waals surface area contributed by atoms with Crippen LogP contribution >= 0.6 is 23.2 Å². The van der Waals surface area contributed by atoms with Crippen LogP contribution in [0.25, 0.3) is 0 Å². The second-order valence-corrected chi connectivity index (χ2v) is 4.94. The first kappa shape index (κ1) is 15.4. The summed E-state index contributed by atoms with van der Waals surface area (Å²) >= 11 is 12.0. The third kappa shape index (κ3) is 4.24. The zero-order valence-corrected chi connectivity index (χ0v) is 12.4. The molecular weight excluding hydrogens is 315 g/mol. The minimum atomic E-state index is -0.454. The molecule has 0 atom stereocenters. The van der Waals surface area contributed by atoms with E-state index in [-0.39, 0.29) is 5.69 Å². The van der Waals surface area contributed by atoms with Gasteiger partial charge in [0.1, 0.15) is 12.4 Å². The molecule has 2 aromatic carbocycles. The fraction of sp³-hybridized carbons (Fsp3) is 0.143. The molecule has 0 aliphatic carbocycles. The highest BCUT2D eigenvalue weighted by Gasteiger charge is 2.05. The first-order valence-corrected chi connectivity index (χ1v) is 6.88. The van der Waals surface area contributed by atoms with E-state index in [1.54, 1.807) is 30.3 Å². The summed E-state index contributed by atoms with van der Waals surface area (Å²) in [6.07, 6.45) is 0. The Morgan fingerprint density at radius 2 is 1.71 bits per heavy atom. The highest BCUT2D eigenvalue weighted by atomic mass is 35.5. The van der Waals surface area contributed by atoms with Gasteiger partial charge in [0.2, 0.25) is 0 Å². The molecule has 0 amide bonds. The molecule has 1 N–H and O–H groups in total. The van der Waals surface area contributed by atoms with Crippen molar-refractivity contribution >= 4 is 34.6 Å². The van der Waals surface area contributed by atoms with Crippen molar-refractivity contribution in [3.8, 4) is 5.75 Å². The molecule has 0 saturated carbocycles. The van der Waals surface area contributed by atoms with Gasteiger partial charge in [0, 0.05) is 18.7 Å². The van der Waals surface area contributed by atoms with Crippen molar-refractivity contribution in [2.45, 2.75) is 0 Å². The van der Waals surface area contributed by atoms with Gasteiger partial charge in [-0.05, 0) is 24.3 Å². The van der Waals surface area contributed by atoms with E-state index in [9.17, 15) is 10.1 Å². The zero-order chi connectivity index (χ0) is 15.2. The molecular formula is C14H12Cl2N2O3. The number of nitro benzene ring substituents is 1. The molecule has 0 spiro atoms. The lowest BCUT2D eigenvalue weighted by molar-refractivity contribution is -0.384. The molecule has 110 valence electrons. The van der Waals surface area contributed by atoms with Gasteiger partial charge in [-0.15, -0.1) is 0 Å². The topological polar surface area (TPSA) is 64.4 Å². The first-order chi connectivity index (χ1) is 10.1. The lowest BCUT2D eigenvalue weighted by atomic mass is 10.3. The molecule has 0 aliphatic heterocycles. The Balaban J connectivity index is 1.83. The van der Waals surface area contributed by atoms with Crippen LogP contribution in [0.2, 0.25) is 10.0 Å². The molecule has 2 aromatic rings. The highest BCUT2D eigenvalue weighted by molar-refractivity contribution is 6.39. The van der Waals surface area contributed by atoms with Gasteiger partial charge < -0.3 is 10.1 Å². The minimum absolute atomic E-state index is 0.0309. The second-order valence-electron chi connectivity index (χ2n) is 4.12. The van der Waals surface area contributed by atoms with Crippen LogP contribution in [-0.4, -0.2) is 18.1 Å². The Bertz CT molecular complexity index is 612. The lowest BCUT2D eigenvalue weighted by Gasteiger charge is -2.11. The van der Waals surface area contributed by atoms with Gasteiger partial charge in [-0.1, -0.05) is 29.3 Å². The fourth-order valence-corrected chi connectivity index (χ4v) is 2.21. The van der Waals surface area contributed by atoms with Crippen molar-refractivity contribution in [2.24, 2.45) is 0 Å². The molecule has 0 unspecified atom stereocenters. The van der Waals surface area contributed by atoms with Crippen molar-refractivity contribution in [1.82, 2.24) is 0 Å². The summed E-state index contributed by atoms with van der Waals surface area (Å²) in [6, 6.07) is 11.2. The van der Waals surface area contributed by atoms with E-state index >= 15 is 0 Å². The summed E-state index contributed by atoms with van der Waals surface area (Å²) in [5.41, 5.74) is 0.691. The maximum atomic E-state index is 10.5. The molecule has 0 aliphatic rings. The number of ether oxygens (including phenoxy) is 1. The van der Waals surface area contributed by atoms with Gasteiger partial charge in [0.15, 0.2) is 0 Å². The quantitative estimate of drug-likeness (QED) is 0.485. The number of rotatable bonds is 6. The molecule has 5 nitrogen and oxygen atoms in total. The number of hydrogen-bond acceptors (Lipinski definition) is 4. The molecule has 0 fully saturated rings. The third-order valence-corrected chi connectivity index (χ3v) is 3.31. The number of non-ortho nitro benzene ring substituents is 1. The van der Waals surface area contributed by atoms with Crippen LogP contribution in [0.1, 0.15) is 0 Å². The molecule has 0 bridgehead atoms. The first-order valence-electron chi connectivity index (χ1n) is 6.13. The Hall–Kier alpha value is -1.98. The fourth-order valence-electron chi connectivity index (χ4n) is 1.68. The van der Waals surface area contributed by atoms with Crippen LogP contribution in [0.5, 0.6) is 5.75 Å². The second kappa shape index (κ2) is 7.15. The van der Waals surface area contributed by atoms with E-state index in [1.807, 2.05) is 0 Å². The largest absolute Gasteiger partial charge is 0.492 e. The minimum Gasteiger partial charge on any atom is -0.492 e. The average molecular weight is 327 g/mol. The van der Waals surface area contributed by atoms with Crippen LogP contribution in [0, 0.1) is 10.1 Å². The summed E-state index contributed by atoms with van der Waals surface area (Å²) in [4.78, 5) is 10.1.